The molecule has 2 unspecified atom stereocenters. The van der Waals surface area contributed by atoms with Crippen molar-refractivity contribution in [3.8, 4) is 0 Å². The average Bonchev–Trinajstić information content (AvgIpc) is 3.12. The molecule has 7 nitrogen and oxygen atoms in total. The van der Waals surface area contributed by atoms with Crippen molar-refractivity contribution in [3.05, 3.63) is 12.4 Å². The van der Waals surface area contributed by atoms with E-state index in [0.29, 0.717) is 12.5 Å². The Morgan fingerprint density at radius 3 is 2.85 bits per heavy atom. The van der Waals surface area contributed by atoms with Gasteiger partial charge in [-0.05, 0) is 25.2 Å². The van der Waals surface area contributed by atoms with E-state index in [0.717, 1.165) is 19.3 Å². The zero-order valence-electron chi connectivity index (χ0n) is 11.0. The average molecular weight is 299 g/mol. The molecule has 0 radical (unpaired) electrons. The smallest absolute Gasteiger partial charge is 0.305 e. The number of nitrogens with zero attached hydrogens (tertiary/aromatic N) is 3. The highest BCUT2D eigenvalue weighted by molar-refractivity contribution is 7.89. The molecule has 1 aliphatic carbocycles. The Hall–Kier alpha value is -1.41. The molecule has 2 atom stereocenters. The van der Waals surface area contributed by atoms with Gasteiger partial charge in [0.1, 0.15) is 4.90 Å². The molecule has 1 aromatic rings. The lowest BCUT2D eigenvalue weighted by atomic mass is 10.1. The molecule has 2 heterocycles. The van der Waals surface area contributed by atoms with E-state index in [1.54, 1.807) is 4.31 Å². The lowest BCUT2D eigenvalue weighted by molar-refractivity contribution is -0.137. The van der Waals surface area contributed by atoms with E-state index in [1.807, 2.05) is 0 Å². The Labute approximate surface area is 117 Å². The number of rotatable bonds is 5. The van der Waals surface area contributed by atoms with Crippen LogP contribution in [0.25, 0.3) is 0 Å². The number of carboxylic acid groups (broad SMARTS) is 1. The van der Waals surface area contributed by atoms with E-state index in [2.05, 4.69) is 5.10 Å². The minimum Gasteiger partial charge on any atom is -0.481 e. The number of aliphatic carboxylic acids is 1. The highest BCUT2D eigenvalue weighted by Crippen LogP contribution is 2.40. The lowest BCUT2D eigenvalue weighted by Gasteiger charge is -2.25. The topological polar surface area (TPSA) is 92.5 Å². The first-order valence-corrected chi connectivity index (χ1v) is 8.17. The predicted molar refractivity (Wildman–Crippen MR) is 69.5 cm³/mol. The molecule has 0 aromatic carbocycles. The third-order valence-corrected chi connectivity index (χ3v) is 6.00. The van der Waals surface area contributed by atoms with Crippen molar-refractivity contribution >= 4 is 16.0 Å². The first-order valence-electron chi connectivity index (χ1n) is 6.73. The van der Waals surface area contributed by atoms with Gasteiger partial charge >= 0.3 is 5.97 Å². The molecule has 1 saturated heterocycles. The third-order valence-electron chi connectivity index (χ3n) is 4.13. The number of aromatic nitrogens is 2. The number of sulfonamides is 1. The van der Waals surface area contributed by atoms with Gasteiger partial charge in [-0.25, -0.2) is 8.42 Å². The molecule has 110 valence electrons. The van der Waals surface area contributed by atoms with Crippen molar-refractivity contribution in [3.63, 3.8) is 0 Å². The van der Waals surface area contributed by atoms with Crippen LogP contribution >= 0.6 is 0 Å². The largest absolute Gasteiger partial charge is 0.481 e. The van der Waals surface area contributed by atoms with Crippen LogP contribution in [0.15, 0.2) is 17.3 Å². The van der Waals surface area contributed by atoms with Crippen molar-refractivity contribution in [1.29, 1.82) is 0 Å². The van der Waals surface area contributed by atoms with Crippen LogP contribution in [0.2, 0.25) is 0 Å². The standard InChI is InChI=1S/C12H17N3O4S/c16-12(17)3-4-14-8-11(6-13-14)20(18,19)15-7-9-1-2-10(15)5-9/h6,8-10H,1-5,7H2,(H,16,17). The van der Waals surface area contributed by atoms with E-state index in [9.17, 15) is 13.2 Å². The lowest BCUT2D eigenvalue weighted by Crippen LogP contribution is -2.37. The monoisotopic (exact) mass is 299 g/mol. The number of fused-ring (bicyclic) bond motifs is 2. The quantitative estimate of drug-likeness (QED) is 0.856. The van der Waals surface area contributed by atoms with Crippen LogP contribution in [0, 0.1) is 5.92 Å². The minimum atomic E-state index is -3.48. The second-order valence-electron chi connectivity index (χ2n) is 5.49. The summed E-state index contributed by atoms with van der Waals surface area (Å²) < 4.78 is 28.0. The van der Waals surface area contributed by atoms with E-state index in [1.165, 1.54) is 17.1 Å². The Balaban J connectivity index is 1.76. The van der Waals surface area contributed by atoms with Gasteiger partial charge in [0.2, 0.25) is 10.0 Å². The Bertz CT molecular complexity index is 624. The third kappa shape index (κ3) is 2.33. The number of hydrogen-bond donors (Lipinski definition) is 1. The maximum Gasteiger partial charge on any atom is 0.305 e. The van der Waals surface area contributed by atoms with Gasteiger partial charge in [0, 0.05) is 18.8 Å². The first-order chi connectivity index (χ1) is 9.46. The SMILES string of the molecule is O=C(O)CCn1cc(S(=O)(=O)N2CC3CCC2C3)cn1. The van der Waals surface area contributed by atoms with E-state index < -0.39 is 16.0 Å². The van der Waals surface area contributed by atoms with Gasteiger partial charge in [-0.3, -0.25) is 9.48 Å². The van der Waals surface area contributed by atoms with E-state index in [-0.39, 0.29) is 23.9 Å². The Morgan fingerprint density at radius 2 is 2.25 bits per heavy atom. The van der Waals surface area contributed by atoms with Crippen LogP contribution in [0.3, 0.4) is 0 Å². The van der Waals surface area contributed by atoms with Gasteiger partial charge < -0.3 is 5.11 Å². The van der Waals surface area contributed by atoms with Crippen molar-refractivity contribution in [2.24, 2.45) is 5.92 Å². The molecule has 8 heteroatoms. The maximum absolute atomic E-state index is 12.5. The summed E-state index contributed by atoms with van der Waals surface area (Å²) in [7, 11) is -3.48. The van der Waals surface area contributed by atoms with Crippen molar-refractivity contribution in [2.75, 3.05) is 6.54 Å². The molecular formula is C12H17N3O4S. The summed E-state index contributed by atoms with van der Waals surface area (Å²) in [6.07, 6.45) is 5.68. The molecular weight excluding hydrogens is 282 g/mol. The van der Waals surface area contributed by atoms with Gasteiger partial charge in [0.15, 0.2) is 0 Å². The molecule has 2 fully saturated rings. The number of hydrogen-bond acceptors (Lipinski definition) is 4. The predicted octanol–water partition coefficient (Wildman–Crippen LogP) is 0.531. The highest BCUT2D eigenvalue weighted by atomic mass is 32.2. The Kier molecular flexibility index (Phi) is 3.29. The van der Waals surface area contributed by atoms with Gasteiger partial charge in [0.25, 0.3) is 0 Å². The summed E-state index contributed by atoms with van der Waals surface area (Å²) in [4.78, 5) is 10.7. The molecule has 0 amide bonds. The van der Waals surface area contributed by atoms with Crippen molar-refractivity contribution < 1.29 is 18.3 Å². The molecule has 1 aromatic heterocycles. The summed E-state index contributed by atoms with van der Waals surface area (Å²) in [5, 5.41) is 12.6. The molecule has 2 aliphatic rings. The second kappa shape index (κ2) is 4.85. The maximum atomic E-state index is 12.5. The molecule has 1 saturated carbocycles. The normalized spacial score (nSPS) is 26.2. The van der Waals surface area contributed by atoms with Crippen LogP contribution < -0.4 is 0 Å². The fourth-order valence-electron chi connectivity index (χ4n) is 3.12. The summed E-state index contributed by atoms with van der Waals surface area (Å²) in [6, 6.07) is 0.132. The van der Waals surface area contributed by atoms with Gasteiger partial charge in [-0.15, -0.1) is 0 Å². The van der Waals surface area contributed by atoms with Crippen LogP contribution in [0.1, 0.15) is 25.7 Å². The highest BCUT2D eigenvalue weighted by Gasteiger charge is 2.44. The summed E-state index contributed by atoms with van der Waals surface area (Å²) in [5.74, 6) is -0.432. The fraction of sp³-hybridized carbons (Fsp3) is 0.667. The van der Waals surface area contributed by atoms with Crippen LogP contribution in [-0.2, 0) is 21.4 Å². The molecule has 3 rings (SSSR count). The van der Waals surface area contributed by atoms with E-state index in [4.69, 9.17) is 5.11 Å². The fourth-order valence-corrected chi connectivity index (χ4v) is 4.82. The molecule has 20 heavy (non-hydrogen) atoms. The zero-order chi connectivity index (χ0) is 14.3. The van der Waals surface area contributed by atoms with Gasteiger partial charge in [-0.2, -0.15) is 9.40 Å². The minimum absolute atomic E-state index is 0.0738. The molecule has 2 bridgehead atoms. The Morgan fingerprint density at radius 1 is 1.45 bits per heavy atom. The number of carbonyl (C=O) groups is 1. The van der Waals surface area contributed by atoms with Gasteiger partial charge in [0.05, 0.1) is 19.2 Å². The zero-order valence-corrected chi connectivity index (χ0v) is 11.8. The van der Waals surface area contributed by atoms with Gasteiger partial charge in [-0.1, -0.05) is 0 Å². The van der Waals surface area contributed by atoms with Crippen molar-refractivity contribution in [1.82, 2.24) is 14.1 Å². The molecule has 1 aliphatic heterocycles. The first kappa shape index (κ1) is 13.6. The molecule has 0 spiro atoms. The number of piperidine rings is 1. The second-order valence-corrected chi connectivity index (χ2v) is 7.38. The van der Waals surface area contributed by atoms with Crippen molar-refractivity contribution in [2.45, 2.75) is 43.2 Å². The summed E-state index contributed by atoms with van der Waals surface area (Å²) in [5.41, 5.74) is 0. The summed E-state index contributed by atoms with van der Waals surface area (Å²) in [6.45, 7) is 0.782. The summed E-state index contributed by atoms with van der Waals surface area (Å²) >= 11 is 0. The van der Waals surface area contributed by atoms with E-state index >= 15 is 0 Å². The van der Waals surface area contributed by atoms with Crippen LogP contribution in [0.4, 0.5) is 0 Å². The van der Waals surface area contributed by atoms with Crippen LogP contribution in [0.5, 0.6) is 0 Å². The molecule has 1 N–H and O–H groups in total. The number of carboxylic acids is 1. The van der Waals surface area contributed by atoms with Crippen LogP contribution in [-0.4, -0.2) is 46.2 Å². The number of aryl methyl sites for hydroxylation is 1.